The standard InChI is InChI=1S/C9H8Br2N2O2S/c1-15-7-5(8(14)13-9(12)16)2-4(10)3-6(7)11/h2-3H,1H3,(H3,12,13,14,16). The van der Waals surface area contributed by atoms with Crippen LogP contribution in [-0.2, 0) is 0 Å². The van der Waals surface area contributed by atoms with Gasteiger partial charge in [-0.3, -0.25) is 10.1 Å². The molecular weight excluding hydrogens is 360 g/mol. The number of nitrogens with one attached hydrogen (secondary N) is 1. The molecule has 0 heterocycles. The third kappa shape index (κ3) is 3.16. The van der Waals surface area contributed by atoms with Crippen LogP contribution in [0.4, 0.5) is 0 Å². The Hall–Kier alpha value is -0.660. The van der Waals surface area contributed by atoms with E-state index in [1.54, 1.807) is 12.1 Å². The zero-order valence-corrected chi connectivity index (χ0v) is 12.2. The summed E-state index contributed by atoms with van der Waals surface area (Å²) in [6.45, 7) is 0. The molecule has 1 rings (SSSR count). The van der Waals surface area contributed by atoms with Crippen LogP contribution in [0.5, 0.6) is 5.75 Å². The van der Waals surface area contributed by atoms with Crippen LogP contribution in [0.3, 0.4) is 0 Å². The first-order chi connectivity index (χ1) is 7.45. The summed E-state index contributed by atoms with van der Waals surface area (Å²) >= 11 is 11.2. The molecule has 0 aliphatic rings. The number of benzene rings is 1. The van der Waals surface area contributed by atoms with Gasteiger partial charge in [0.05, 0.1) is 17.1 Å². The first-order valence-electron chi connectivity index (χ1n) is 4.09. The molecule has 0 saturated carbocycles. The van der Waals surface area contributed by atoms with E-state index >= 15 is 0 Å². The number of hydrogen-bond donors (Lipinski definition) is 2. The minimum atomic E-state index is -0.411. The van der Waals surface area contributed by atoms with E-state index in [4.69, 9.17) is 10.5 Å². The predicted molar refractivity (Wildman–Crippen MR) is 72.6 cm³/mol. The van der Waals surface area contributed by atoms with Crippen LogP contribution < -0.4 is 15.8 Å². The summed E-state index contributed by atoms with van der Waals surface area (Å²) in [4.78, 5) is 11.7. The molecule has 3 N–H and O–H groups in total. The number of carbonyl (C=O) groups is 1. The van der Waals surface area contributed by atoms with E-state index in [9.17, 15) is 4.79 Å². The lowest BCUT2D eigenvalue weighted by molar-refractivity contribution is 0.0974. The van der Waals surface area contributed by atoms with Gasteiger partial charge < -0.3 is 10.5 Å². The van der Waals surface area contributed by atoms with E-state index < -0.39 is 5.91 Å². The molecule has 0 fully saturated rings. The molecular formula is C9H8Br2N2O2S. The molecule has 7 heteroatoms. The third-order valence-corrected chi connectivity index (χ3v) is 2.84. The maximum Gasteiger partial charge on any atom is 0.261 e. The van der Waals surface area contributed by atoms with Gasteiger partial charge in [-0.1, -0.05) is 15.9 Å². The monoisotopic (exact) mass is 366 g/mol. The van der Waals surface area contributed by atoms with Crippen molar-refractivity contribution in [2.75, 3.05) is 7.11 Å². The third-order valence-electron chi connectivity index (χ3n) is 1.69. The fourth-order valence-corrected chi connectivity index (χ4v) is 2.60. The molecule has 1 aromatic rings. The molecule has 0 aliphatic carbocycles. The van der Waals surface area contributed by atoms with Gasteiger partial charge in [-0.2, -0.15) is 0 Å². The first-order valence-corrected chi connectivity index (χ1v) is 6.09. The number of carbonyl (C=O) groups excluding carboxylic acids is 1. The maximum atomic E-state index is 11.7. The van der Waals surface area contributed by atoms with E-state index in [1.807, 2.05) is 0 Å². The number of thiocarbonyl (C=S) groups is 1. The highest BCUT2D eigenvalue weighted by atomic mass is 79.9. The molecule has 0 radical (unpaired) electrons. The van der Waals surface area contributed by atoms with E-state index in [-0.39, 0.29) is 5.11 Å². The fourth-order valence-electron chi connectivity index (χ4n) is 1.12. The van der Waals surface area contributed by atoms with Crippen molar-refractivity contribution in [2.45, 2.75) is 0 Å². The molecule has 16 heavy (non-hydrogen) atoms. The van der Waals surface area contributed by atoms with Gasteiger partial charge in [-0.05, 0) is 40.3 Å². The summed E-state index contributed by atoms with van der Waals surface area (Å²) in [5.41, 5.74) is 5.58. The van der Waals surface area contributed by atoms with E-state index in [0.717, 1.165) is 4.47 Å². The van der Waals surface area contributed by atoms with Gasteiger partial charge in [0, 0.05) is 4.47 Å². The Bertz CT molecular complexity index is 451. The molecule has 0 aliphatic heterocycles. The Kier molecular flexibility index (Phi) is 4.69. The molecule has 1 aromatic carbocycles. The summed E-state index contributed by atoms with van der Waals surface area (Å²) in [6.07, 6.45) is 0. The van der Waals surface area contributed by atoms with Crippen LogP contribution in [0.1, 0.15) is 10.4 Å². The molecule has 0 saturated heterocycles. The minimum Gasteiger partial charge on any atom is -0.495 e. The average molecular weight is 368 g/mol. The molecule has 0 bridgehead atoms. The summed E-state index contributed by atoms with van der Waals surface area (Å²) in [6, 6.07) is 3.40. The zero-order valence-electron chi connectivity index (χ0n) is 8.21. The summed E-state index contributed by atoms with van der Waals surface area (Å²) < 4.78 is 6.53. The Morgan fingerprint density at radius 1 is 1.50 bits per heavy atom. The number of halogens is 2. The summed E-state index contributed by atoms with van der Waals surface area (Å²) in [5, 5.41) is 2.26. The lowest BCUT2D eigenvalue weighted by atomic mass is 10.2. The average Bonchev–Trinajstić information content (AvgIpc) is 2.15. The highest BCUT2D eigenvalue weighted by Crippen LogP contribution is 2.32. The normalized spacial score (nSPS) is 9.69. The second kappa shape index (κ2) is 5.60. The highest BCUT2D eigenvalue weighted by Gasteiger charge is 2.16. The van der Waals surface area contributed by atoms with Crippen LogP contribution in [0.25, 0.3) is 0 Å². The van der Waals surface area contributed by atoms with E-state index in [2.05, 4.69) is 49.4 Å². The van der Waals surface area contributed by atoms with Crippen molar-refractivity contribution in [3.63, 3.8) is 0 Å². The second-order valence-electron chi connectivity index (χ2n) is 2.79. The van der Waals surface area contributed by atoms with Crippen molar-refractivity contribution in [3.8, 4) is 5.75 Å². The minimum absolute atomic E-state index is 0.0804. The fraction of sp³-hybridized carbons (Fsp3) is 0.111. The number of rotatable bonds is 2. The molecule has 1 amide bonds. The smallest absolute Gasteiger partial charge is 0.261 e. The van der Waals surface area contributed by atoms with Crippen molar-refractivity contribution in [1.82, 2.24) is 5.32 Å². The van der Waals surface area contributed by atoms with Crippen molar-refractivity contribution in [3.05, 3.63) is 26.6 Å². The van der Waals surface area contributed by atoms with Gasteiger partial charge >= 0.3 is 0 Å². The number of methoxy groups -OCH3 is 1. The first kappa shape index (κ1) is 13.4. The van der Waals surface area contributed by atoms with Crippen LogP contribution >= 0.6 is 44.1 Å². The van der Waals surface area contributed by atoms with Crippen molar-refractivity contribution >= 4 is 55.1 Å². The summed E-state index contributed by atoms with van der Waals surface area (Å²) in [5.74, 6) is 0.0169. The van der Waals surface area contributed by atoms with Crippen LogP contribution in [0.2, 0.25) is 0 Å². The topological polar surface area (TPSA) is 64.3 Å². The van der Waals surface area contributed by atoms with Gasteiger partial charge in [0.15, 0.2) is 5.11 Å². The van der Waals surface area contributed by atoms with Gasteiger partial charge in [0.25, 0.3) is 5.91 Å². The zero-order chi connectivity index (χ0) is 12.3. The Morgan fingerprint density at radius 2 is 2.12 bits per heavy atom. The Labute approximate surface area is 115 Å². The van der Waals surface area contributed by atoms with Crippen molar-refractivity contribution in [2.24, 2.45) is 5.73 Å². The van der Waals surface area contributed by atoms with Crippen molar-refractivity contribution < 1.29 is 9.53 Å². The quantitative estimate of drug-likeness (QED) is 0.786. The molecule has 0 aromatic heterocycles. The number of nitrogens with two attached hydrogens (primary N) is 1. The molecule has 0 atom stereocenters. The van der Waals surface area contributed by atoms with Gasteiger partial charge in [0.2, 0.25) is 0 Å². The van der Waals surface area contributed by atoms with E-state index in [1.165, 1.54) is 7.11 Å². The van der Waals surface area contributed by atoms with E-state index in [0.29, 0.717) is 15.8 Å². The SMILES string of the molecule is COc1c(Br)cc(Br)cc1C(=O)NC(N)=S. The number of ether oxygens (including phenoxy) is 1. The molecule has 86 valence electrons. The molecule has 4 nitrogen and oxygen atoms in total. The Balaban J connectivity index is 3.20. The predicted octanol–water partition coefficient (Wildman–Crippen LogP) is 2.19. The van der Waals surface area contributed by atoms with Crippen molar-refractivity contribution in [1.29, 1.82) is 0 Å². The van der Waals surface area contributed by atoms with Gasteiger partial charge in [0.1, 0.15) is 5.75 Å². The van der Waals surface area contributed by atoms with Gasteiger partial charge in [-0.15, -0.1) is 0 Å². The van der Waals surface area contributed by atoms with Crippen LogP contribution in [-0.4, -0.2) is 18.1 Å². The Morgan fingerprint density at radius 3 is 2.62 bits per heavy atom. The molecule has 0 spiro atoms. The number of hydrogen-bond acceptors (Lipinski definition) is 3. The summed E-state index contributed by atoms with van der Waals surface area (Å²) in [7, 11) is 1.48. The highest BCUT2D eigenvalue weighted by molar-refractivity contribution is 9.11. The lowest BCUT2D eigenvalue weighted by Gasteiger charge is -2.10. The number of amides is 1. The van der Waals surface area contributed by atoms with Crippen LogP contribution in [0.15, 0.2) is 21.1 Å². The largest absolute Gasteiger partial charge is 0.495 e. The maximum absolute atomic E-state index is 11.7. The lowest BCUT2D eigenvalue weighted by Crippen LogP contribution is -2.34. The van der Waals surface area contributed by atoms with Crippen LogP contribution in [0, 0.1) is 0 Å². The molecule has 0 unspecified atom stereocenters. The second-order valence-corrected chi connectivity index (χ2v) is 5.00. The van der Waals surface area contributed by atoms with Gasteiger partial charge in [-0.25, -0.2) is 0 Å².